The van der Waals surface area contributed by atoms with Gasteiger partial charge in [0.1, 0.15) is 5.15 Å². The highest BCUT2D eigenvalue weighted by Gasteiger charge is 2.19. The summed E-state index contributed by atoms with van der Waals surface area (Å²) in [5.74, 6) is 0. The lowest BCUT2D eigenvalue weighted by Gasteiger charge is -2.15. The molecule has 0 aromatic carbocycles. The number of likely N-dealkylation sites (N-methyl/N-ethyl adjacent to an activating group) is 1. The third-order valence-corrected chi connectivity index (χ3v) is 5.45. The van der Waals surface area contributed by atoms with Crippen LogP contribution >= 0.6 is 38.9 Å². The van der Waals surface area contributed by atoms with Gasteiger partial charge in [-0.05, 0) is 47.8 Å². The van der Waals surface area contributed by atoms with Crippen molar-refractivity contribution < 1.29 is 0 Å². The maximum Gasteiger partial charge on any atom is 0.130 e. The Morgan fingerprint density at radius 3 is 2.78 bits per heavy atom. The number of nitrogens with zero attached hydrogens (tertiary/aromatic N) is 2. The van der Waals surface area contributed by atoms with E-state index in [2.05, 4.69) is 37.8 Å². The van der Waals surface area contributed by atoms with Gasteiger partial charge in [0.2, 0.25) is 0 Å². The summed E-state index contributed by atoms with van der Waals surface area (Å²) < 4.78 is 2.87. The van der Waals surface area contributed by atoms with Crippen molar-refractivity contribution in [1.82, 2.24) is 15.1 Å². The van der Waals surface area contributed by atoms with Crippen LogP contribution in [0.1, 0.15) is 22.2 Å². The Morgan fingerprint density at radius 1 is 1.61 bits per heavy atom. The molecule has 3 nitrogen and oxygen atoms in total. The largest absolute Gasteiger partial charge is 0.312 e. The summed E-state index contributed by atoms with van der Waals surface area (Å²) in [5.41, 5.74) is 2.11. The number of rotatable bonds is 4. The standard InChI is InChI=1S/C12H15BrClN3S/c1-7-8(12(14)17(3)16-7)6-10(15-2)11-9(13)4-5-18-11/h4-5,10,15H,6H2,1-3H3. The van der Waals surface area contributed by atoms with Crippen LogP contribution in [-0.2, 0) is 13.5 Å². The molecule has 1 atom stereocenters. The SMILES string of the molecule is CNC(Cc1c(C)nn(C)c1Cl)c1sccc1Br. The van der Waals surface area contributed by atoms with Gasteiger partial charge in [-0.25, -0.2) is 0 Å². The molecule has 0 saturated carbocycles. The van der Waals surface area contributed by atoms with Crippen molar-refractivity contribution in [2.24, 2.45) is 7.05 Å². The van der Waals surface area contributed by atoms with Crippen molar-refractivity contribution in [3.63, 3.8) is 0 Å². The molecule has 1 N–H and O–H groups in total. The minimum atomic E-state index is 0.250. The maximum atomic E-state index is 6.28. The van der Waals surface area contributed by atoms with Gasteiger partial charge < -0.3 is 5.32 Å². The van der Waals surface area contributed by atoms with E-state index in [0.29, 0.717) is 0 Å². The highest BCUT2D eigenvalue weighted by molar-refractivity contribution is 9.10. The Hall–Kier alpha value is -0.360. The van der Waals surface area contributed by atoms with Crippen LogP contribution in [0.2, 0.25) is 5.15 Å². The molecule has 0 bridgehead atoms. The number of aromatic nitrogens is 2. The van der Waals surface area contributed by atoms with E-state index in [4.69, 9.17) is 11.6 Å². The summed E-state index contributed by atoms with van der Waals surface area (Å²) in [6.45, 7) is 2.00. The summed E-state index contributed by atoms with van der Waals surface area (Å²) in [7, 11) is 3.84. The topological polar surface area (TPSA) is 29.9 Å². The molecule has 18 heavy (non-hydrogen) atoms. The number of halogens is 2. The Labute approximate surface area is 124 Å². The minimum Gasteiger partial charge on any atom is -0.312 e. The molecule has 0 aliphatic carbocycles. The van der Waals surface area contributed by atoms with Gasteiger partial charge in [0.25, 0.3) is 0 Å². The third-order valence-electron chi connectivity index (χ3n) is 2.99. The van der Waals surface area contributed by atoms with Gasteiger partial charge in [-0.2, -0.15) is 5.10 Å². The van der Waals surface area contributed by atoms with Crippen molar-refractivity contribution in [2.75, 3.05) is 7.05 Å². The summed E-state index contributed by atoms with van der Waals surface area (Å²) in [6.07, 6.45) is 0.841. The number of aryl methyl sites for hydroxylation is 2. The van der Waals surface area contributed by atoms with Crippen LogP contribution in [0, 0.1) is 6.92 Å². The summed E-state index contributed by atoms with van der Waals surface area (Å²) in [5, 5.41) is 10.5. The van der Waals surface area contributed by atoms with Crippen LogP contribution in [0.3, 0.4) is 0 Å². The van der Waals surface area contributed by atoms with E-state index < -0.39 is 0 Å². The Morgan fingerprint density at radius 2 is 2.33 bits per heavy atom. The Bertz CT molecular complexity index is 550. The fraction of sp³-hybridized carbons (Fsp3) is 0.417. The van der Waals surface area contributed by atoms with Gasteiger partial charge in [-0.1, -0.05) is 11.6 Å². The van der Waals surface area contributed by atoms with Crippen LogP contribution in [0.15, 0.2) is 15.9 Å². The van der Waals surface area contributed by atoms with Gasteiger partial charge in [0.15, 0.2) is 0 Å². The summed E-state index contributed by atoms with van der Waals surface area (Å²) >= 11 is 11.6. The molecule has 0 aliphatic rings. The molecule has 0 spiro atoms. The normalized spacial score (nSPS) is 12.9. The van der Waals surface area contributed by atoms with Crippen LogP contribution in [-0.4, -0.2) is 16.8 Å². The van der Waals surface area contributed by atoms with E-state index in [1.807, 2.05) is 21.0 Å². The van der Waals surface area contributed by atoms with E-state index in [1.54, 1.807) is 16.0 Å². The van der Waals surface area contributed by atoms with Gasteiger partial charge in [-0.15, -0.1) is 11.3 Å². The van der Waals surface area contributed by atoms with Crippen LogP contribution < -0.4 is 5.32 Å². The number of hydrogen-bond acceptors (Lipinski definition) is 3. The molecule has 0 radical (unpaired) electrons. The van der Waals surface area contributed by atoms with Crippen molar-refractivity contribution >= 4 is 38.9 Å². The molecule has 0 amide bonds. The first-order valence-electron chi connectivity index (χ1n) is 5.62. The molecule has 0 aliphatic heterocycles. The first-order valence-corrected chi connectivity index (χ1v) is 7.67. The lowest BCUT2D eigenvalue weighted by atomic mass is 10.1. The highest BCUT2D eigenvalue weighted by Crippen LogP contribution is 2.33. The second-order valence-electron chi connectivity index (χ2n) is 4.16. The zero-order chi connectivity index (χ0) is 13.3. The lowest BCUT2D eigenvalue weighted by Crippen LogP contribution is -2.18. The molecule has 2 rings (SSSR count). The van der Waals surface area contributed by atoms with Crippen molar-refractivity contribution in [1.29, 1.82) is 0 Å². The minimum absolute atomic E-state index is 0.250. The summed E-state index contributed by atoms with van der Waals surface area (Å²) in [6, 6.07) is 2.32. The monoisotopic (exact) mass is 347 g/mol. The fourth-order valence-corrected chi connectivity index (χ4v) is 4.00. The number of thiophene rings is 1. The molecule has 98 valence electrons. The second kappa shape index (κ2) is 5.74. The van der Waals surface area contributed by atoms with Gasteiger partial charge in [0, 0.05) is 28.0 Å². The Kier molecular flexibility index (Phi) is 4.48. The molecular weight excluding hydrogens is 334 g/mol. The average molecular weight is 349 g/mol. The molecule has 6 heteroatoms. The van der Waals surface area contributed by atoms with Crippen molar-refractivity contribution in [3.05, 3.63) is 37.2 Å². The smallest absolute Gasteiger partial charge is 0.130 e. The average Bonchev–Trinajstić information content (AvgIpc) is 2.84. The molecule has 0 saturated heterocycles. The fourth-order valence-electron chi connectivity index (χ4n) is 1.99. The zero-order valence-electron chi connectivity index (χ0n) is 10.5. The number of nitrogens with one attached hydrogen (secondary N) is 1. The van der Waals surface area contributed by atoms with Gasteiger partial charge in [0.05, 0.1) is 5.69 Å². The number of hydrogen-bond donors (Lipinski definition) is 1. The lowest BCUT2D eigenvalue weighted by molar-refractivity contribution is 0.598. The molecule has 0 fully saturated rings. The van der Waals surface area contributed by atoms with Gasteiger partial charge in [-0.3, -0.25) is 4.68 Å². The molecule has 1 unspecified atom stereocenters. The van der Waals surface area contributed by atoms with Gasteiger partial charge >= 0.3 is 0 Å². The van der Waals surface area contributed by atoms with Crippen LogP contribution in [0.4, 0.5) is 0 Å². The highest BCUT2D eigenvalue weighted by atomic mass is 79.9. The van der Waals surface area contributed by atoms with E-state index in [1.165, 1.54) is 4.88 Å². The second-order valence-corrected chi connectivity index (χ2v) is 6.32. The predicted molar refractivity (Wildman–Crippen MR) is 80.5 cm³/mol. The maximum absolute atomic E-state index is 6.28. The van der Waals surface area contributed by atoms with Crippen LogP contribution in [0.25, 0.3) is 0 Å². The molecule has 2 aromatic rings. The van der Waals surface area contributed by atoms with E-state index in [0.717, 1.165) is 27.3 Å². The molecule has 2 heterocycles. The first-order chi connectivity index (χ1) is 8.54. The van der Waals surface area contributed by atoms with E-state index in [-0.39, 0.29) is 6.04 Å². The Balaban J connectivity index is 2.29. The zero-order valence-corrected chi connectivity index (χ0v) is 13.7. The molecule has 2 aromatic heterocycles. The van der Waals surface area contributed by atoms with E-state index in [9.17, 15) is 0 Å². The van der Waals surface area contributed by atoms with Crippen molar-refractivity contribution in [3.8, 4) is 0 Å². The summed E-state index contributed by atoms with van der Waals surface area (Å²) in [4.78, 5) is 1.29. The van der Waals surface area contributed by atoms with Crippen LogP contribution in [0.5, 0.6) is 0 Å². The third kappa shape index (κ3) is 2.64. The predicted octanol–water partition coefficient (Wildman–Crippen LogP) is 3.71. The quantitative estimate of drug-likeness (QED) is 0.913. The molecular formula is C12H15BrClN3S. The van der Waals surface area contributed by atoms with E-state index >= 15 is 0 Å². The first kappa shape index (κ1) is 14.1. The van der Waals surface area contributed by atoms with Crippen molar-refractivity contribution in [2.45, 2.75) is 19.4 Å².